The van der Waals surface area contributed by atoms with Crippen LogP contribution in [0.2, 0.25) is 0 Å². The highest BCUT2D eigenvalue weighted by Gasteiger charge is 2.21. The highest BCUT2D eigenvalue weighted by molar-refractivity contribution is 6.07. The molecule has 0 atom stereocenters. The molecule has 2 aromatic rings. The van der Waals surface area contributed by atoms with E-state index in [4.69, 9.17) is 5.11 Å². The molecule has 1 aromatic heterocycles. The number of hydrogen-bond acceptors (Lipinski definition) is 4. The largest absolute Gasteiger partial charge is 0.508 e. The normalized spacial score (nSPS) is 10.1. The molecule has 0 saturated heterocycles. The minimum atomic E-state index is -1.21. The number of phenols is 1. The van der Waals surface area contributed by atoms with Gasteiger partial charge in [0.15, 0.2) is 0 Å². The topological polar surface area (TPSA) is 90.7 Å². The van der Waals surface area contributed by atoms with Crippen LogP contribution in [0.15, 0.2) is 42.6 Å². The Morgan fingerprint density at radius 2 is 1.81 bits per heavy atom. The lowest BCUT2D eigenvalue weighted by Crippen LogP contribution is -2.36. The summed E-state index contributed by atoms with van der Waals surface area (Å²) in [5.41, 5.74) is 0.206. The monoisotopic (exact) mass is 290 g/mol. The van der Waals surface area contributed by atoms with E-state index in [2.05, 4.69) is 4.98 Å². The molecule has 2 rings (SSSR count). The van der Waals surface area contributed by atoms with E-state index in [0.717, 1.165) is 17.2 Å². The lowest BCUT2D eigenvalue weighted by Gasteiger charge is -2.20. The first-order valence-electron chi connectivity index (χ1n) is 5.91. The maximum Gasteiger partial charge on any atom is 0.323 e. The van der Waals surface area contributed by atoms with Crippen molar-refractivity contribution in [3.8, 4) is 5.75 Å². The predicted octanol–water partition coefficient (Wildman–Crippen LogP) is 1.66. The summed E-state index contributed by atoms with van der Waals surface area (Å²) in [5, 5.41) is 18.1. The van der Waals surface area contributed by atoms with Gasteiger partial charge in [-0.15, -0.1) is 0 Å². The van der Waals surface area contributed by atoms with Gasteiger partial charge in [0.2, 0.25) is 0 Å². The van der Waals surface area contributed by atoms with Crippen molar-refractivity contribution in [2.75, 3.05) is 11.4 Å². The molecule has 0 saturated carbocycles. The highest BCUT2D eigenvalue weighted by Crippen LogP contribution is 2.20. The lowest BCUT2D eigenvalue weighted by atomic mass is 10.2. The average Bonchev–Trinajstić information content (AvgIpc) is 2.46. The minimum Gasteiger partial charge on any atom is -0.508 e. The number of aromatic nitrogens is 1. The van der Waals surface area contributed by atoms with Crippen LogP contribution in [0.5, 0.6) is 5.75 Å². The second-order valence-electron chi connectivity index (χ2n) is 4.16. The maximum absolute atomic E-state index is 12.8. The van der Waals surface area contributed by atoms with Crippen LogP contribution in [-0.2, 0) is 4.79 Å². The second kappa shape index (κ2) is 6.00. The fourth-order valence-electron chi connectivity index (χ4n) is 1.69. The fourth-order valence-corrected chi connectivity index (χ4v) is 1.69. The van der Waals surface area contributed by atoms with Crippen LogP contribution >= 0.6 is 0 Å². The molecular weight excluding hydrogens is 279 g/mol. The molecule has 108 valence electrons. The SMILES string of the molecule is O=C(O)CN(C(=O)c1ccc(F)cn1)c1ccc(O)cc1. The minimum absolute atomic E-state index is 0.0126. The van der Waals surface area contributed by atoms with Crippen molar-refractivity contribution in [2.45, 2.75) is 0 Å². The number of nitrogens with zero attached hydrogens (tertiary/aromatic N) is 2. The molecule has 0 radical (unpaired) electrons. The smallest absolute Gasteiger partial charge is 0.323 e. The van der Waals surface area contributed by atoms with E-state index < -0.39 is 24.2 Å². The van der Waals surface area contributed by atoms with E-state index in [9.17, 15) is 19.1 Å². The lowest BCUT2D eigenvalue weighted by molar-refractivity contribution is -0.135. The number of amides is 1. The third-order valence-corrected chi connectivity index (χ3v) is 2.65. The van der Waals surface area contributed by atoms with Crippen molar-refractivity contribution in [3.05, 3.63) is 54.1 Å². The van der Waals surface area contributed by atoms with Gasteiger partial charge in [0.05, 0.1) is 6.20 Å². The molecular formula is C14H11FN2O4. The predicted molar refractivity (Wildman–Crippen MR) is 71.6 cm³/mol. The van der Waals surface area contributed by atoms with Crippen molar-refractivity contribution < 1.29 is 24.2 Å². The summed E-state index contributed by atoms with van der Waals surface area (Å²) >= 11 is 0. The summed E-state index contributed by atoms with van der Waals surface area (Å²) < 4.78 is 12.8. The zero-order valence-electron chi connectivity index (χ0n) is 10.7. The van der Waals surface area contributed by atoms with E-state index >= 15 is 0 Å². The number of phenolic OH excluding ortho intramolecular Hbond substituents is 1. The number of aliphatic carboxylic acids is 1. The third kappa shape index (κ3) is 3.53. The molecule has 0 aliphatic carbocycles. The van der Waals surface area contributed by atoms with Gasteiger partial charge in [0.25, 0.3) is 5.91 Å². The van der Waals surface area contributed by atoms with Gasteiger partial charge in [0, 0.05) is 5.69 Å². The van der Waals surface area contributed by atoms with Crippen LogP contribution in [0.1, 0.15) is 10.5 Å². The molecule has 0 unspecified atom stereocenters. The number of carbonyl (C=O) groups excluding carboxylic acids is 1. The zero-order valence-corrected chi connectivity index (χ0v) is 10.7. The van der Waals surface area contributed by atoms with Gasteiger partial charge in [-0.3, -0.25) is 14.5 Å². The van der Waals surface area contributed by atoms with Crippen LogP contribution in [-0.4, -0.2) is 33.6 Å². The van der Waals surface area contributed by atoms with Crippen LogP contribution in [0.3, 0.4) is 0 Å². The summed E-state index contributed by atoms with van der Waals surface area (Å²) in [4.78, 5) is 27.8. The summed E-state index contributed by atoms with van der Waals surface area (Å²) in [7, 11) is 0. The molecule has 1 aromatic carbocycles. The molecule has 6 nitrogen and oxygen atoms in total. The van der Waals surface area contributed by atoms with Gasteiger partial charge >= 0.3 is 5.97 Å². The Morgan fingerprint density at radius 1 is 1.14 bits per heavy atom. The first-order valence-corrected chi connectivity index (χ1v) is 5.91. The Morgan fingerprint density at radius 3 is 2.33 bits per heavy atom. The van der Waals surface area contributed by atoms with Crippen LogP contribution in [0, 0.1) is 5.82 Å². The van der Waals surface area contributed by atoms with Crippen molar-refractivity contribution >= 4 is 17.6 Å². The highest BCUT2D eigenvalue weighted by atomic mass is 19.1. The summed E-state index contributed by atoms with van der Waals surface area (Å²) in [6, 6.07) is 7.70. The molecule has 21 heavy (non-hydrogen) atoms. The van der Waals surface area contributed by atoms with Crippen LogP contribution in [0.25, 0.3) is 0 Å². The van der Waals surface area contributed by atoms with Crippen molar-refractivity contribution in [1.82, 2.24) is 4.98 Å². The molecule has 0 bridgehead atoms. The van der Waals surface area contributed by atoms with E-state index in [1.807, 2.05) is 0 Å². The van der Waals surface area contributed by atoms with Crippen LogP contribution < -0.4 is 4.90 Å². The van der Waals surface area contributed by atoms with Gasteiger partial charge < -0.3 is 10.2 Å². The van der Waals surface area contributed by atoms with Gasteiger partial charge in [0.1, 0.15) is 23.8 Å². The number of carbonyl (C=O) groups is 2. The van der Waals surface area contributed by atoms with E-state index in [1.54, 1.807) is 0 Å². The number of halogens is 1. The third-order valence-electron chi connectivity index (χ3n) is 2.65. The first-order chi connectivity index (χ1) is 9.97. The Balaban J connectivity index is 2.35. The summed E-state index contributed by atoms with van der Waals surface area (Å²) in [5.74, 6) is -2.50. The molecule has 0 fully saturated rings. The Bertz CT molecular complexity index is 656. The molecule has 2 N–H and O–H groups in total. The average molecular weight is 290 g/mol. The van der Waals surface area contributed by atoms with Gasteiger partial charge in [-0.25, -0.2) is 9.37 Å². The molecule has 1 amide bonds. The summed E-state index contributed by atoms with van der Waals surface area (Å²) in [6.45, 7) is -0.581. The number of rotatable bonds is 4. The zero-order chi connectivity index (χ0) is 15.4. The first kappa shape index (κ1) is 14.4. The number of benzene rings is 1. The van der Waals surface area contributed by atoms with Gasteiger partial charge in [-0.05, 0) is 36.4 Å². The molecule has 0 aliphatic rings. The van der Waals surface area contributed by atoms with Gasteiger partial charge in [-0.2, -0.15) is 0 Å². The molecule has 7 heteroatoms. The van der Waals surface area contributed by atoms with Crippen molar-refractivity contribution in [3.63, 3.8) is 0 Å². The quantitative estimate of drug-likeness (QED) is 0.893. The Hall–Kier alpha value is -2.96. The maximum atomic E-state index is 12.8. The Kier molecular flexibility index (Phi) is 4.13. The van der Waals surface area contributed by atoms with Gasteiger partial charge in [-0.1, -0.05) is 0 Å². The second-order valence-corrected chi connectivity index (χ2v) is 4.16. The van der Waals surface area contributed by atoms with Crippen molar-refractivity contribution in [2.24, 2.45) is 0 Å². The van der Waals surface area contributed by atoms with E-state index in [1.165, 1.54) is 30.3 Å². The number of carboxylic acids is 1. The Labute approximate surface area is 119 Å². The fraction of sp³-hybridized carbons (Fsp3) is 0.0714. The van der Waals surface area contributed by atoms with Crippen molar-refractivity contribution in [1.29, 1.82) is 0 Å². The molecule has 1 heterocycles. The molecule has 0 spiro atoms. The number of anilines is 1. The number of carboxylic acid groups (broad SMARTS) is 1. The summed E-state index contributed by atoms with van der Waals surface area (Å²) in [6.07, 6.45) is 0.878. The number of aromatic hydroxyl groups is 1. The standard InChI is InChI=1S/C14H11FN2O4/c15-9-1-6-12(16-7-9)14(21)17(8-13(19)20)10-2-4-11(18)5-3-10/h1-7,18H,8H2,(H,19,20). The van der Waals surface area contributed by atoms with E-state index in [-0.39, 0.29) is 17.1 Å². The number of pyridine rings is 1. The van der Waals surface area contributed by atoms with Crippen LogP contribution in [0.4, 0.5) is 10.1 Å². The molecule has 0 aliphatic heterocycles. The van der Waals surface area contributed by atoms with E-state index in [0.29, 0.717) is 0 Å². The number of hydrogen-bond donors (Lipinski definition) is 2.